The van der Waals surface area contributed by atoms with Crippen molar-refractivity contribution in [1.29, 1.82) is 0 Å². The van der Waals surface area contributed by atoms with E-state index in [2.05, 4.69) is 6.07 Å². The average molecular weight is 176 g/mol. The van der Waals surface area contributed by atoms with Gasteiger partial charge in [-0.15, -0.1) is 0 Å². The minimum absolute atomic E-state index is 0.371. The first-order chi connectivity index (χ1) is 6.22. The second-order valence-electron chi connectivity index (χ2n) is 4.16. The van der Waals surface area contributed by atoms with Gasteiger partial charge in [-0.1, -0.05) is 24.3 Å². The van der Waals surface area contributed by atoms with Crippen LogP contribution < -0.4 is 0 Å². The van der Waals surface area contributed by atoms with Crippen LogP contribution >= 0.6 is 0 Å². The molecule has 0 spiro atoms. The van der Waals surface area contributed by atoms with Crippen LogP contribution in [-0.4, -0.2) is 16.3 Å². The lowest BCUT2D eigenvalue weighted by Crippen LogP contribution is -2.34. The molecule has 0 aromatic heterocycles. The van der Waals surface area contributed by atoms with Crippen LogP contribution in [0.1, 0.15) is 29.9 Å². The zero-order valence-corrected chi connectivity index (χ0v) is 7.27. The number of hydrogen-bond acceptors (Lipinski definition) is 2. The van der Waals surface area contributed by atoms with E-state index in [0.717, 1.165) is 5.56 Å². The maximum atomic E-state index is 10.2. The molecular weight excluding hydrogens is 164 g/mol. The minimum atomic E-state index is -0.943. The standard InChI is InChI=1S/C11H12O2/c12-10-5-7-6-11(10,13)9-4-2-1-3-8(7)9/h1-4,7,10,12-13H,5-6H2. The molecule has 0 aliphatic heterocycles. The van der Waals surface area contributed by atoms with E-state index in [4.69, 9.17) is 0 Å². The van der Waals surface area contributed by atoms with Gasteiger partial charge in [0.15, 0.2) is 0 Å². The highest BCUT2D eigenvalue weighted by atomic mass is 16.3. The van der Waals surface area contributed by atoms with E-state index in [1.165, 1.54) is 5.56 Å². The quantitative estimate of drug-likeness (QED) is 0.622. The second-order valence-corrected chi connectivity index (χ2v) is 4.16. The predicted octanol–water partition coefficient (Wildman–Crippen LogP) is 1.13. The molecule has 1 fully saturated rings. The summed E-state index contributed by atoms with van der Waals surface area (Å²) in [6, 6.07) is 7.90. The van der Waals surface area contributed by atoms with Gasteiger partial charge in [-0.3, -0.25) is 0 Å². The molecule has 0 saturated heterocycles. The Kier molecular flexibility index (Phi) is 1.24. The molecule has 0 amide bonds. The highest BCUT2D eigenvalue weighted by Crippen LogP contribution is 2.55. The van der Waals surface area contributed by atoms with Crippen molar-refractivity contribution in [3.8, 4) is 0 Å². The predicted molar refractivity (Wildman–Crippen MR) is 48.3 cm³/mol. The summed E-state index contributed by atoms with van der Waals surface area (Å²) in [4.78, 5) is 0. The molecule has 13 heavy (non-hydrogen) atoms. The SMILES string of the molecule is OC1CC2CC1(O)c1ccccc12. The van der Waals surface area contributed by atoms with Crippen LogP contribution in [0, 0.1) is 0 Å². The van der Waals surface area contributed by atoms with Crippen LogP contribution in [0.25, 0.3) is 0 Å². The van der Waals surface area contributed by atoms with Gasteiger partial charge in [0.2, 0.25) is 0 Å². The lowest BCUT2D eigenvalue weighted by atomic mass is 9.87. The molecule has 1 aromatic carbocycles. The van der Waals surface area contributed by atoms with E-state index in [1.54, 1.807) is 0 Å². The molecule has 3 unspecified atom stereocenters. The zero-order valence-electron chi connectivity index (χ0n) is 7.27. The fourth-order valence-corrected chi connectivity index (χ4v) is 2.83. The van der Waals surface area contributed by atoms with Gasteiger partial charge in [-0.05, 0) is 29.9 Å². The normalized spacial score (nSPS) is 40.8. The second kappa shape index (κ2) is 2.14. The van der Waals surface area contributed by atoms with E-state index in [1.807, 2.05) is 18.2 Å². The van der Waals surface area contributed by atoms with Crippen LogP contribution in [0.5, 0.6) is 0 Å². The highest BCUT2D eigenvalue weighted by Gasteiger charge is 2.53. The van der Waals surface area contributed by atoms with Crippen molar-refractivity contribution in [2.75, 3.05) is 0 Å². The molecule has 68 valence electrons. The molecule has 2 heteroatoms. The number of rotatable bonds is 0. The van der Waals surface area contributed by atoms with Gasteiger partial charge in [-0.2, -0.15) is 0 Å². The maximum absolute atomic E-state index is 10.2. The maximum Gasteiger partial charge on any atom is 0.116 e. The van der Waals surface area contributed by atoms with Crippen LogP contribution in [0.4, 0.5) is 0 Å². The Labute approximate surface area is 76.8 Å². The Morgan fingerprint density at radius 2 is 2.08 bits per heavy atom. The topological polar surface area (TPSA) is 40.5 Å². The molecule has 1 aromatic rings. The molecule has 2 N–H and O–H groups in total. The van der Waals surface area contributed by atoms with E-state index in [9.17, 15) is 10.2 Å². The van der Waals surface area contributed by atoms with Crippen molar-refractivity contribution in [3.05, 3.63) is 35.4 Å². The Morgan fingerprint density at radius 3 is 2.92 bits per heavy atom. The third-order valence-corrected chi connectivity index (χ3v) is 3.48. The first-order valence-electron chi connectivity index (χ1n) is 4.71. The van der Waals surface area contributed by atoms with E-state index >= 15 is 0 Å². The summed E-state index contributed by atoms with van der Waals surface area (Å²) in [5.74, 6) is 0.371. The minimum Gasteiger partial charge on any atom is -0.390 e. The van der Waals surface area contributed by atoms with Crippen molar-refractivity contribution in [3.63, 3.8) is 0 Å². The van der Waals surface area contributed by atoms with Crippen molar-refractivity contribution in [2.24, 2.45) is 0 Å². The number of benzene rings is 1. The number of fused-ring (bicyclic) bond motifs is 5. The fourth-order valence-electron chi connectivity index (χ4n) is 2.83. The smallest absolute Gasteiger partial charge is 0.116 e. The van der Waals surface area contributed by atoms with Crippen LogP contribution in [0.15, 0.2) is 24.3 Å². The summed E-state index contributed by atoms with van der Waals surface area (Å²) >= 11 is 0. The summed E-state index contributed by atoms with van der Waals surface area (Å²) in [5, 5.41) is 19.9. The van der Waals surface area contributed by atoms with Crippen LogP contribution in [-0.2, 0) is 5.60 Å². The Bertz CT molecular complexity index is 361. The van der Waals surface area contributed by atoms with E-state index in [-0.39, 0.29) is 0 Å². The lowest BCUT2D eigenvalue weighted by molar-refractivity contribution is -0.0567. The molecule has 3 atom stereocenters. The van der Waals surface area contributed by atoms with Gasteiger partial charge < -0.3 is 10.2 Å². The number of aliphatic hydroxyl groups excluding tert-OH is 1. The van der Waals surface area contributed by atoms with E-state index < -0.39 is 11.7 Å². The molecule has 3 rings (SSSR count). The molecule has 1 saturated carbocycles. The molecule has 2 aliphatic rings. The van der Waals surface area contributed by atoms with Gasteiger partial charge in [0.05, 0.1) is 6.10 Å². The van der Waals surface area contributed by atoms with Crippen molar-refractivity contribution in [2.45, 2.75) is 30.5 Å². The Balaban J connectivity index is 2.24. The molecule has 2 aliphatic carbocycles. The average Bonchev–Trinajstić information content (AvgIpc) is 2.57. The van der Waals surface area contributed by atoms with Gasteiger partial charge in [0, 0.05) is 0 Å². The van der Waals surface area contributed by atoms with Gasteiger partial charge in [0.1, 0.15) is 5.60 Å². The summed E-state index contributed by atoms with van der Waals surface area (Å²) in [6.45, 7) is 0. The summed E-state index contributed by atoms with van der Waals surface area (Å²) < 4.78 is 0. The summed E-state index contributed by atoms with van der Waals surface area (Å²) in [6.07, 6.45) is 0.855. The van der Waals surface area contributed by atoms with Crippen LogP contribution in [0.3, 0.4) is 0 Å². The van der Waals surface area contributed by atoms with Gasteiger partial charge >= 0.3 is 0 Å². The Hall–Kier alpha value is -0.860. The Morgan fingerprint density at radius 1 is 1.31 bits per heavy atom. The summed E-state index contributed by atoms with van der Waals surface area (Å²) in [5.41, 5.74) is 1.23. The first-order valence-corrected chi connectivity index (χ1v) is 4.71. The largest absolute Gasteiger partial charge is 0.390 e. The van der Waals surface area contributed by atoms with Gasteiger partial charge in [0.25, 0.3) is 0 Å². The molecular formula is C11H12O2. The van der Waals surface area contributed by atoms with Crippen molar-refractivity contribution < 1.29 is 10.2 Å². The van der Waals surface area contributed by atoms with Crippen LogP contribution in [0.2, 0.25) is 0 Å². The van der Waals surface area contributed by atoms with Gasteiger partial charge in [-0.25, -0.2) is 0 Å². The highest BCUT2D eigenvalue weighted by molar-refractivity contribution is 5.44. The van der Waals surface area contributed by atoms with Crippen molar-refractivity contribution in [1.82, 2.24) is 0 Å². The number of hydrogen-bond donors (Lipinski definition) is 2. The number of aliphatic hydroxyl groups is 2. The summed E-state index contributed by atoms with van der Waals surface area (Å²) in [7, 11) is 0. The zero-order chi connectivity index (χ0) is 9.05. The lowest BCUT2D eigenvalue weighted by Gasteiger charge is -2.27. The molecule has 0 heterocycles. The monoisotopic (exact) mass is 176 g/mol. The third-order valence-electron chi connectivity index (χ3n) is 3.48. The van der Waals surface area contributed by atoms with E-state index in [0.29, 0.717) is 18.8 Å². The first kappa shape index (κ1) is 7.54. The molecule has 2 bridgehead atoms. The van der Waals surface area contributed by atoms with Crippen molar-refractivity contribution >= 4 is 0 Å². The third kappa shape index (κ3) is 0.754. The molecule has 0 radical (unpaired) electrons. The molecule has 2 nitrogen and oxygen atoms in total. The fraction of sp³-hybridized carbons (Fsp3) is 0.455.